The van der Waals surface area contributed by atoms with Crippen molar-refractivity contribution < 1.29 is 4.48 Å². The molecule has 0 unspecified atom stereocenters. The summed E-state index contributed by atoms with van der Waals surface area (Å²) in [5.74, 6) is 0. The highest BCUT2D eigenvalue weighted by atomic mass is 35.5. The van der Waals surface area contributed by atoms with E-state index in [0.717, 1.165) is 6.54 Å². The summed E-state index contributed by atoms with van der Waals surface area (Å²) in [4.78, 5) is 0. The van der Waals surface area contributed by atoms with Crippen LogP contribution in [0.1, 0.15) is 12.5 Å². The van der Waals surface area contributed by atoms with Crippen LogP contribution < -0.4 is 0 Å². The lowest BCUT2D eigenvalue weighted by atomic mass is 10.2. The molecule has 0 saturated heterocycles. The third-order valence-electron chi connectivity index (χ3n) is 2.48. The molecule has 1 aromatic carbocycles. The minimum atomic E-state index is -0.768. The second-order valence-electron chi connectivity index (χ2n) is 4.17. The van der Waals surface area contributed by atoms with Crippen LogP contribution in [0, 0.1) is 0 Å². The van der Waals surface area contributed by atoms with E-state index in [4.69, 9.17) is 23.2 Å². The summed E-state index contributed by atoms with van der Waals surface area (Å²) in [6.07, 6.45) is 0. The van der Waals surface area contributed by atoms with Gasteiger partial charge in [-0.25, -0.2) is 0 Å². The minimum absolute atomic E-state index is 0.542. The first-order valence-corrected chi connectivity index (χ1v) is 5.33. The number of alkyl halides is 2. The molecule has 1 rings (SSSR count). The molecule has 0 fully saturated rings. The molecule has 1 aromatic rings. The number of quaternary nitrogens is 1. The first-order chi connectivity index (χ1) is 6.33. The molecule has 14 heavy (non-hydrogen) atoms. The first-order valence-electron chi connectivity index (χ1n) is 4.58. The maximum absolute atomic E-state index is 6.11. The van der Waals surface area contributed by atoms with Gasteiger partial charge in [-0.2, -0.15) is 0 Å². The summed E-state index contributed by atoms with van der Waals surface area (Å²) in [6, 6.07) is 10.2. The van der Waals surface area contributed by atoms with Crippen molar-refractivity contribution in [2.45, 2.75) is 17.9 Å². The van der Waals surface area contributed by atoms with Gasteiger partial charge in [-0.15, -0.1) is 0 Å². The summed E-state index contributed by atoms with van der Waals surface area (Å²) in [5.41, 5.74) is 1.24. The van der Waals surface area contributed by atoms with Crippen LogP contribution in [0.5, 0.6) is 0 Å². The van der Waals surface area contributed by atoms with E-state index in [2.05, 4.69) is 12.1 Å². The van der Waals surface area contributed by atoms with Gasteiger partial charge in [-0.05, 0) is 23.2 Å². The highest BCUT2D eigenvalue weighted by Gasteiger charge is 2.36. The third-order valence-corrected chi connectivity index (χ3v) is 3.40. The summed E-state index contributed by atoms with van der Waals surface area (Å²) >= 11 is 12.2. The lowest BCUT2D eigenvalue weighted by Crippen LogP contribution is -2.50. The van der Waals surface area contributed by atoms with E-state index < -0.39 is 4.46 Å². The maximum Gasteiger partial charge on any atom is 0.248 e. The van der Waals surface area contributed by atoms with Crippen molar-refractivity contribution in [2.75, 3.05) is 14.1 Å². The standard InChI is InChI=1S/C11H16Cl2N/c1-11(12,13)14(2,3)9-10-7-5-4-6-8-10/h4-8H,9H2,1-3H3/q+1. The van der Waals surface area contributed by atoms with Crippen molar-refractivity contribution in [2.24, 2.45) is 0 Å². The smallest absolute Gasteiger partial charge is 0.248 e. The maximum atomic E-state index is 6.11. The largest absolute Gasteiger partial charge is 0.294 e. The fourth-order valence-electron chi connectivity index (χ4n) is 1.18. The Morgan fingerprint density at radius 1 is 1.14 bits per heavy atom. The molecular formula is C11H16Cl2N+. The molecule has 0 aromatic heterocycles. The molecule has 3 heteroatoms. The summed E-state index contributed by atoms with van der Waals surface area (Å²) in [6.45, 7) is 2.64. The number of benzene rings is 1. The Kier molecular flexibility index (Phi) is 3.46. The lowest BCUT2D eigenvalue weighted by molar-refractivity contribution is -0.924. The van der Waals surface area contributed by atoms with Gasteiger partial charge in [0.1, 0.15) is 6.54 Å². The lowest BCUT2D eigenvalue weighted by Gasteiger charge is -2.38. The zero-order valence-electron chi connectivity index (χ0n) is 8.80. The van der Waals surface area contributed by atoms with Crippen LogP contribution in [0.3, 0.4) is 0 Å². The molecule has 0 saturated carbocycles. The molecule has 0 aliphatic heterocycles. The topological polar surface area (TPSA) is 0 Å². The minimum Gasteiger partial charge on any atom is -0.294 e. The SMILES string of the molecule is CC(Cl)(Cl)[N+](C)(C)Cc1ccccc1. The molecule has 0 aliphatic rings. The molecule has 0 N–H and O–H groups in total. The quantitative estimate of drug-likeness (QED) is 0.426. The second-order valence-corrected chi connectivity index (χ2v) is 5.84. The predicted molar refractivity (Wildman–Crippen MR) is 62.4 cm³/mol. The Labute approximate surface area is 95.8 Å². The summed E-state index contributed by atoms with van der Waals surface area (Å²) < 4.78 is -0.226. The predicted octanol–water partition coefficient (Wildman–Crippen LogP) is 3.41. The van der Waals surface area contributed by atoms with Crippen LogP contribution in [0.2, 0.25) is 0 Å². The van der Waals surface area contributed by atoms with E-state index in [1.54, 1.807) is 0 Å². The fraction of sp³-hybridized carbons (Fsp3) is 0.455. The van der Waals surface area contributed by atoms with Crippen LogP contribution in [0.15, 0.2) is 30.3 Å². The average Bonchev–Trinajstić information content (AvgIpc) is 2.03. The van der Waals surface area contributed by atoms with Crippen LogP contribution >= 0.6 is 23.2 Å². The normalized spacial score (nSPS) is 12.9. The molecule has 1 nitrogen and oxygen atoms in total. The van der Waals surface area contributed by atoms with Gasteiger partial charge in [0, 0.05) is 12.5 Å². The second kappa shape index (κ2) is 4.09. The van der Waals surface area contributed by atoms with E-state index in [9.17, 15) is 0 Å². The monoisotopic (exact) mass is 232 g/mol. The average molecular weight is 233 g/mol. The Bertz CT molecular complexity index is 288. The molecule has 0 heterocycles. The van der Waals surface area contributed by atoms with Crippen molar-refractivity contribution >= 4 is 23.2 Å². The molecule has 0 amide bonds. The number of hydrogen-bond donors (Lipinski definition) is 0. The molecule has 0 atom stereocenters. The highest BCUT2D eigenvalue weighted by molar-refractivity contribution is 6.46. The Morgan fingerprint density at radius 3 is 2.07 bits per heavy atom. The van der Waals surface area contributed by atoms with Crippen LogP contribution in [0.25, 0.3) is 0 Å². The molecule has 0 aliphatic carbocycles. The van der Waals surface area contributed by atoms with E-state index in [1.807, 2.05) is 39.2 Å². The molecule has 78 valence electrons. The van der Waals surface area contributed by atoms with E-state index in [1.165, 1.54) is 5.56 Å². The van der Waals surface area contributed by atoms with Crippen molar-refractivity contribution in [1.29, 1.82) is 0 Å². The van der Waals surface area contributed by atoms with Crippen LogP contribution in [-0.4, -0.2) is 23.0 Å². The van der Waals surface area contributed by atoms with E-state index in [0.29, 0.717) is 4.48 Å². The molecule has 0 radical (unpaired) electrons. The summed E-state index contributed by atoms with van der Waals surface area (Å²) in [5, 5.41) is 0. The zero-order valence-corrected chi connectivity index (χ0v) is 10.3. The first kappa shape index (κ1) is 11.8. The van der Waals surface area contributed by atoms with Crippen molar-refractivity contribution in [1.82, 2.24) is 0 Å². The Hall–Kier alpha value is -0.240. The van der Waals surface area contributed by atoms with Gasteiger partial charge >= 0.3 is 0 Å². The van der Waals surface area contributed by atoms with Crippen molar-refractivity contribution in [3.8, 4) is 0 Å². The van der Waals surface area contributed by atoms with Gasteiger partial charge in [0.15, 0.2) is 0 Å². The van der Waals surface area contributed by atoms with Gasteiger partial charge in [-0.3, -0.25) is 4.48 Å². The van der Waals surface area contributed by atoms with E-state index in [-0.39, 0.29) is 0 Å². The highest BCUT2D eigenvalue weighted by Crippen LogP contribution is 2.31. The van der Waals surface area contributed by atoms with E-state index >= 15 is 0 Å². The fourth-order valence-corrected chi connectivity index (χ4v) is 1.30. The van der Waals surface area contributed by atoms with Crippen LogP contribution in [0.4, 0.5) is 0 Å². The summed E-state index contributed by atoms with van der Waals surface area (Å²) in [7, 11) is 4.04. The van der Waals surface area contributed by atoms with Gasteiger partial charge in [0.05, 0.1) is 14.1 Å². The molecule has 0 bridgehead atoms. The van der Waals surface area contributed by atoms with Crippen molar-refractivity contribution in [3.63, 3.8) is 0 Å². The van der Waals surface area contributed by atoms with Crippen LogP contribution in [-0.2, 0) is 6.54 Å². The number of rotatable bonds is 3. The van der Waals surface area contributed by atoms with Crippen molar-refractivity contribution in [3.05, 3.63) is 35.9 Å². The Balaban J connectivity index is 2.79. The molecule has 0 spiro atoms. The van der Waals surface area contributed by atoms with Gasteiger partial charge < -0.3 is 0 Å². The number of nitrogens with zero attached hydrogens (tertiary/aromatic N) is 1. The Morgan fingerprint density at radius 2 is 1.64 bits per heavy atom. The van der Waals surface area contributed by atoms with Gasteiger partial charge in [0.25, 0.3) is 0 Å². The number of halogens is 2. The number of hydrogen-bond acceptors (Lipinski definition) is 0. The zero-order chi connectivity index (χ0) is 10.8. The van der Waals surface area contributed by atoms with Gasteiger partial charge in [-0.1, -0.05) is 30.3 Å². The van der Waals surface area contributed by atoms with Gasteiger partial charge in [0.2, 0.25) is 4.46 Å². The molecular weight excluding hydrogens is 217 g/mol. The third kappa shape index (κ3) is 2.88.